The van der Waals surface area contributed by atoms with Crippen LogP contribution in [0.5, 0.6) is 5.75 Å². The Morgan fingerprint density at radius 2 is 2.00 bits per heavy atom. The lowest BCUT2D eigenvalue weighted by Crippen LogP contribution is -2.27. The monoisotopic (exact) mass is 325 g/mol. The number of amides is 1. The van der Waals surface area contributed by atoms with Crippen molar-refractivity contribution < 1.29 is 19.4 Å². The molecule has 0 aromatic heterocycles. The average Bonchev–Trinajstić information content (AvgIpc) is 3.03. The van der Waals surface area contributed by atoms with E-state index in [1.165, 1.54) is 11.6 Å². The molecule has 0 saturated heterocycles. The van der Waals surface area contributed by atoms with Crippen LogP contribution in [0.4, 0.5) is 0 Å². The predicted octanol–water partition coefficient (Wildman–Crippen LogP) is 2.22. The normalized spacial score (nSPS) is 12.3. The molecule has 2 aromatic rings. The van der Waals surface area contributed by atoms with Gasteiger partial charge < -0.3 is 15.2 Å². The van der Waals surface area contributed by atoms with E-state index in [-0.39, 0.29) is 17.9 Å². The highest BCUT2D eigenvalue weighted by molar-refractivity contribution is 5.91. The van der Waals surface area contributed by atoms with Gasteiger partial charge in [-0.3, -0.25) is 4.79 Å². The zero-order valence-electron chi connectivity index (χ0n) is 13.2. The summed E-state index contributed by atoms with van der Waals surface area (Å²) in [6, 6.07) is 12.7. The topological polar surface area (TPSA) is 75.6 Å². The number of fused-ring (bicyclic) bond motifs is 1. The van der Waals surface area contributed by atoms with E-state index < -0.39 is 5.97 Å². The van der Waals surface area contributed by atoms with Crippen molar-refractivity contribution in [3.63, 3.8) is 0 Å². The molecular formula is C19H19NO4. The lowest BCUT2D eigenvalue weighted by atomic mass is 10.0. The minimum absolute atomic E-state index is 0.0699. The molecule has 1 aliphatic rings. The summed E-state index contributed by atoms with van der Waals surface area (Å²) in [6.07, 6.45) is 1.74. The number of carboxylic acids is 1. The van der Waals surface area contributed by atoms with Crippen LogP contribution in [0.1, 0.15) is 27.0 Å². The zero-order valence-corrected chi connectivity index (χ0v) is 13.2. The van der Waals surface area contributed by atoms with E-state index in [9.17, 15) is 9.59 Å². The second-order valence-corrected chi connectivity index (χ2v) is 5.78. The van der Waals surface area contributed by atoms with Gasteiger partial charge in [0.2, 0.25) is 5.91 Å². The fourth-order valence-corrected chi connectivity index (χ4v) is 2.86. The minimum atomic E-state index is -1.02. The number of benzene rings is 2. The van der Waals surface area contributed by atoms with Crippen molar-refractivity contribution in [3.05, 3.63) is 64.7 Å². The highest BCUT2D eigenvalue weighted by Gasteiger charge is 2.13. The van der Waals surface area contributed by atoms with Crippen LogP contribution in [-0.2, 0) is 24.1 Å². The van der Waals surface area contributed by atoms with Crippen molar-refractivity contribution in [2.45, 2.75) is 19.3 Å². The van der Waals surface area contributed by atoms with Crippen molar-refractivity contribution in [2.75, 3.05) is 13.2 Å². The molecule has 0 saturated carbocycles. The van der Waals surface area contributed by atoms with Crippen LogP contribution in [0, 0.1) is 0 Å². The van der Waals surface area contributed by atoms with Crippen LogP contribution in [-0.4, -0.2) is 30.1 Å². The number of ether oxygens (including phenoxy) is 1. The summed E-state index contributed by atoms with van der Waals surface area (Å²) >= 11 is 0. The molecule has 0 spiro atoms. The van der Waals surface area contributed by atoms with Crippen molar-refractivity contribution in [2.24, 2.45) is 0 Å². The van der Waals surface area contributed by atoms with Gasteiger partial charge in [-0.25, -0.2) is 4.79 Å². The van der Waals surface area contributed by atoms with E-state index in [0.29, 0.717) is 12.1 Å². The summed E-state index contributed by atoms with van der Waals surface area (Å²) in [7, 11) is 0. The second-order valence-electron chi connectivity index (χ2n) is 5.78. The summed E-state index contributed by atoms with van der Waals surface area (Å²) in [5, 5.41) is 12.0. The van der Waals surface area contributed by atoms with Gasteiger partial charge in [0.05, 0.1) is 18.6 Å². The molecule has 0 fully saturated rings. The number of hydrogen-bond acceptors (Lipinski definition) is 3. The number of carbonyl (C=O) groups is 2. The van der Waals surface area contributed by atoms with Crippen molar-refractivity contribution in [3.8, 4) is 5.75 Å². The highest BCUT2D eigenvalue weighted by atomic mass is 16.5. The molecule has 2 N–H and O–H groups in total. The number of carboxylic acid groups (broad SMARTS) is 1. The van der Waals surface area contributed by atoms with Crippen molar-refractivity contribution >= 4 is 11.9 Å². The number of carbonyl (C=O) groups excluding carboxylic acids is 1. The maximum atomic E-state index is 12.0. The first-order valence-electron chi connectivity index (χ1n) is 7.96. The second kappa shape index (κ2) is 7.17. The highest BCUT2D eigenvalue weighted by Crippen LogP contribution is 2.25. The maximum Gasteiger partial charge on any atom is 0.335 e. The van der Waals surface area contributed by atoms with Crippen LogP contribution >= 0.6 is 0 Å². The smallest absolute Gasteiger partial charge is 0.335 e. The molecule has 1 aliphatic heterocycles. The Hall–Kier alpha value is -2.82. The van der Waals surface area contributed by atoms with Crippen molar-refractivity contribution in [1.82, 2.24) is 5.32 Å². The standard InChI is InChI=1S/C19H19NO4/c21-18(12-14-3-1-2-4-16(14)19(22)23)20-9-7-13-5-6-17-15(11-13)8-10-24-17/h1-6,11H,7-10,12H2,(H,20,21)(H,22,23). The van der Waals surface area contributed by atoms with Gasteiger partial charge in [0.1, 0.15) is 5.75 Å². The van der Waals surface area contributed by atoms with E-state index >= 15 is 0 Å². The SMILES string of the molecule is O=C(Cc1ccccc1C(=O)O)NCCc1ccc2c(c1)CCO2. The molecule has 2 aromatic carbocycles. The van der Waals surface area contributed by atoms with Gasteiger partial charge in [-0.15, -0.1) is 0 Å². The van der Waals surface area contributed by atoms with Gasteiger partial charge >= 0.3 is 5.97 Å². The first-order valence-corrected chi connectivity index (χ1v) is 7.96. The van der Waals surface area contributed by atoms with Gasteiger partial charge in [0.15, 0.2) is 0 Å². The minimum Gasteiger partial charge on any atom is -0.493 e. The van der Waals surface area contributed by atoms with Crippen LogP contribution < -0.4 is 10.1 Å². The Morgan fingerprint density at radius 3 is 2.83 bits per heavy atom. The van der Waals surface area contributed by atoms with E-state index in [0.717, 1.165) is 30.8 Å². The third-order valence-corrected chi connectivity index (χ3v) is 4.09. The number of aromatic carboxylic acids is 1. The number of rotatable bonds is 6. The molecule has 5 heteroatoms. The lowest BCUT2D eigenvalue weighted by molar-refractivity contribution is -0.120. The summed E-state index contributed by atoms with van der Waals surface area (Å²) < 4.78 is 5.48. The molecule has 0 aliphatic carbocycles. The summed E-state index contributed by atoms with van der Waals surface area (Å²) in [5.41, 5.74) is 3.07. The Kier molecular flexibility index (Phi) is 4.79. The number of hydrogen-bond donors (Lipinski definition) is 2. The third-order valence-electron chi connectivity index (χ3n) is 4.09. The lowest BCUT2D eigenvalue weighted by Gasteiger charge is -2.08. The molecule has 0 radical (unpaired) electrons. The quantitative estimate of drug-likeness (QED) is 0.854. The molecule has 1 amide bonds. The zero-order chi connectivity index (χ0) is 16.9. The van der Waals surface area contributed by atoms with Gasteiger partial charge in [-0.1, -0.05) is 30.3 Å². The van der Waals surface area contributed by atoms with Crippen LogP contribution in [0.3, 0.4) is 0 Å². The van der Waals surface area contributed by atoms with Crippen LogP contribution in [0.2, 0.25) is 0 Å². The first kappa shape index (κ1) is 16.1. The predicted molar refractivity (Wildman–Crippen MR) is 89.5 cm³/mol. The summed E-state index contributed by atoms with van der Waals surface area (Å²) in [6.45, 7) is 1.26. The summed E-state index contributed by atoms with van der Waals surface area (Å²) in [5.74, 6) is -0.236. The van der Waals surface area contributed by atoms with E-state index in [1.807, 2.05) is 12.1 Å². The Morgan fingerprint density at radius 1 is 1.17 bits per heavy atom. The molecule has 124 valence electrons. The van der Waals surface area contributed by atoms with Gasteiger partial charge in [0, 0.05) is 13.0 Å². The van der Waals surface area contributed by atoms with E-state index in [4.69, 9.17) is 9.84 Å². The first-order chi connectivity index (χ1) is 11.6. The molecule has 0 bridgehead atoms. The van der Waals surface area contributed by atoms with Gasteiger partial charge in [-0.05, 0) is 35.2 Å². The number of nitrogens with one attached hydrogen (secondary N) is 1. The maximum absolute atomic E-state index is 12.0. The largest absolute Gasteiger partial charge is 0.493 e. The molecule has 0 unspecified atom stereocenters. The van der Waals surface area contributed by atoms with Gasteiger partial charge in [0.25, 0.3) is 0 Å². The fraction of sp³-hybridized carbons (Fsp3) is 0.263. The van der Waals surface area contributed by atoms with Gasteiger partial charge in [-0.2, -0.15) is 0 Å². The molecule has 3 rings (SSSR count). The van der Waals surface area contributed by atoms with Crippen LogP contribution in [0.25, 0.3) is 0 Å². The molecular weight excluding hydrogens is 306 g/mol. The van der Waals surface area contributed by atoms with E-state index in [2.05, 4.69) is 11.4 Å². The van der Waals surface area contributed by atoms with E-state index in [1.54, 1.807) is 18.2 Å². The molecule has 24 heavy (non-hydrogen) atoms. The molecule has 0 atom stereocenters. The van der Waals surface area contributed by atoms with Crippen molar-refractivity contribution in [1.29, 1.82) is 0 Å². The Bertz CT molecular complexity index is 770. The third kappa shape index (κ3) is 3.74. The Labute approximate surface area is 140 Å². The summed E-state index contributed by atoms with van der Waals surface area (Å²) in [4.78, 5) is 23.2. The van der Waals surface area contributed by atoms with Crippen LogP contribution in [0.15, 0.2) is 42.5 Å². The Balaban J connectivity index is 1.52. The molecule has 1 heterocycles. The molecule has 5 nitrogen and oxygen atoms in total. The fourth-order valence-electron chi connectivity index (χ4n) is 2.86. The average molecular weight is 325 g/mol.